The largest absolute Gasteiger partial charge is 0.490 e. The van der Waals surface area contributed by atoms with Gasteiger partial charge in [0, 0.05) is 25.5 Å². The highest BCUT2D eigenvalue weighted by molar-refractivity contribution is 5.94. The zero-order valence-corrected chi connectivity index (χ0v) is 11.5. The molecule has 0 atom stereocenters. The molecule has 1 aliphatic heterocycles. The molecule has 1 aromatic carbocycles. The molecular formula is C15H18N2O3. The van der Waals surface area contributed by atoms with Gasteiger partial charge in [-0.1, -0.05) is 0 Å². The maximum absolute atomic E-state index is 12.0. The topological polar surface area (TPSA) is 62.6 Å². The Balaban J connectivity index is 1.95. The minimum absolute atomic E-state index is 0.0825. The zero-order chi connectivity index (χ0) is 14.4. The van der Waals surface area contributed by atoms with Crippen molar-refractivity contribution in [2.24, 2.45) is 0 Å². The van der Waals surface area contributed by atoms with Crippen LogP contribution in [0.25, 0.3) is 0 Å². The van der Waals surface area contributed by atoms with Crippen molar-refractivity contribution >= 4 is 5.91 Å². The van der Waals surface area contributed by atoms with Crippen LogP contribution in [0.15, 0.2) is 24.3 Å². The molecule has 0 aliphatic carbocycles. The fraction of sp³-hybridized carbons (Fsp3) is 0.467. The number of carbonyl (C=O) groups excluding carboxylic acids is 1. The van der Waals surface area contributed by atoms with Crippen LogP contribution < -0.4 is 4.74 Å². The molecule has 1 amide bonds. The molecule has 0 spiro atoms. The van der Waals surface area contributed by atoms with Crippen molar-refractivity contribution in [2.45, 2.75) is 18.9 Å². The normalized spacial score (nSPS) is 15.4. The monoisotopic (exact) mass is 274 g/mol. The lowest BCUT2D eigenvalue weighted by molar-refractivity contribution is 0.0256. The van der Waals surface area contributed by atoms with Crippen molar-refractivity contribution in [3.8, 4) is 11.8 Å². The Morgan fingerprint density at radius 1 is 1.40 bits per heavy atom. The predicted octanol–water partition coefficient (Wildman–Crippen LogP) is 1.84. The van der Waals surface area contributed by atoms with Crippen molar-refractivity contribution in [3.63, 3.8) is 0 Å². The second-order valence-electron chi connectivity index (χ2n) is 4.77. The second-order valence-corrected chi connectivity index (χ2v) is 4.77. The molecule has 0 aromatic heterocycles. The summed E-state index contributed by atoms with van der Waals surface area (Å²) in [5.41, 5.74) is 0.557. The number of amides is 1. The van der Waals surface area contributed by atoms with E-state index >= 15 is 0 Å². The second kappa shape index (κ2) is 6.92. The molecule has 2 rings (SSSR count). The fourth-order valence-electron chi connectivity index (χ4n) is 2.06. The molecule has 0 bridgehead atoms. The molecule has 1 aromatic rings. The van der Waals surface area contributed by atoms with Gasteiger partial charge in [-0.2, -0.15) is 5.26 Å². The van der Waals surface area contributed by atoms with Crippen LogP contribution in [0.1, 0.15) is 23.2 Å². The lowest BCUT2D eigenvalue weighted by Crippen LogP contribution is -2.27. The summed E-state index contributed by atoms with van der Waals surface area (Å²) >= 11 is 0. The molecule has 5 heteroatoms. The van der Waals surface area contributed by atoms with Gasteiger partial charge in [0.25, 0.3) is 5.91 Å². The van der Waals surface area contributed by atoms with Crippen molar-refractivity contribution in [1.82, 2.24) is 4.90 Å². The summed E-state index contributed by atoms with van der Waals surface area (Å²) in [6, 6.07) is 9.00. The Kier molecular flexibility index (Phi) is 4.97. The van der Waals surface area contributed by atoms with E-state index in [-0.39, 0.29) is 18.6 Å². The van der Waals surface area contributed by atoms with Crippen LogP contribution in [0.5, 0.6) is 5.75 Å². The smallest absolute Gasteiger partial charge is 0.254 e. The van der Waals surface area contributed by atoms with Crippen LogP contribution in [-0.4, -0.2) is 43.7 Å². The third-order valence-corrected chi connectivity index (χ3v) is 3.23. The predicted molar refractivity (Wildman–Crippen MR) is 73.5 cm³/mol. The maximum Gasteiger partial charge on any atom is 0.254 e. The average molecular weight is 274 g/mol. The van der Waals surface area contributed by atoms with E-state index in [9.17, 15) is 4.79 Å². The lowest BCUT2D eigenvalue weighted by Gasteiger charge is -2.23. The van der Waals surface area contributed by atoms with Crippen molar-refractivity contribution < 1.29 is 14.3 Å². The first kappa shape index (κ1) is 14.4. The molecule has 0 radical (unpaired) electrons. The van der Waals surface area contributed by atoms with E-state index in [1.807, 2.05) is 6.07 Å². The molecule has 1 aliphatic rings. The molecular weight excluding hydrogens is 256 g/mol. The number of nitriles is 1. The molecule has 106 valence electrons. The summed E-state index contributed by atoms with van der Waals surface area (Å²) in [6.45, 7) is 1.56. The summed E-state index contributed by atoms with van der Waals surface area (Å²) in [4.78, 5) is 13.3. The first-order valence-electron chi connectivity index (χ1n) is 6.67. The summed E-state index contributed by atoms with van der Waals surface area (Å²) in [6.07, 6.45) is 1.98. The van der Waals surface area contributed by atoms with Gasteiger partial charge >= 0.3 is 0 Å². The lowest BCUT2D eigenvalue weighted by atomic mass is 10.1. The number of nitrogens with zero attached hydrogens (tertiary/aromatic N) is 2. The molecule has 0 saturated carbocycles. The number of rotatable bonds is 4. The molecule has 1 fully saturated rings. The van der Waals surface area contributed by atoms with Crippen molar-refractivity contribution in [2.75, 3.05) is 26.8 Å². The van der Waals surface area contributed by atoms with E-state index in [1.54, 1.807) is 31.3 Å². The molecule has 1 saturated heterocycles. The molecule has 1 heterocycles. The third kappa shape index (κ3) is 3.72. The van der Waals surface area contributed by atoms with Gasteiger partial charge < -0.3 is 14.4 Å². The number of ether oxygens (including phenoxy) is 2. The molecule has 5 nitrogen and oxygen atoms in total. The number of hydrogen-bond donors (Lipinski definition) is 0. The standard InChI is InChI=1S/C15H18N2O3/c1-17(9-8-16)15(18)12-2-4-13(5-3-12)20-14-6-10-19-11-7-14/h2-5,14H,6-7,9-11H2,1H3. The summed E-state index contributed by atoms with van der Waals surface area (Å²) in [7, 11) is 1.61. The fourth-order valence-corrected chi connectivity index (χ4v) is 2.06. The zero-order valence-electron chi connectivity index (χ0n) is 11.5. The van der Waals surface area contributed by atoms with Crippen LogP contribution in [0.2, 0.25) is 0 Å². The van der Waals surface area contributed by atoms with Gasteiger partial charge in [-0.25, -0.2) is 0 Å². The van der Waals surface area contributed by atoms with Gasteiger partial charge in [0.05, 0.1) is 19.3 Å². The minimum Gasteiger partial charge on any atom is -0.490 e. The SMILES string of the molecule is CN(CC#N)C(=O)c1ccc(OC2CCOCC2)cc1. The highest BCUT2D eigenvalue weighted by atomic mass is 16.5. The van der Waals surface area contributed by atoms with E-state index in [2.05, 4.69) is 0 Å². The minimum atomic E-state index is -0.163. The van der Waals surface area contributed by atoms with Crippen LogP contribution >= 0.6 is 0 Å². The van der Waals surface area contributed by atoms with Gasteiger partial charge in [-0.05, 0) is 24.3 Å². The first-order valence-corrected chi connectivity index (χ1v) is 6.67. The average Bonchev–Trinajstić information content (AvgIpc) is 2.48. The van der Waals surface area contributed by atoms with E-state index in [0.717, 1.165) is 31.8 Å². The van der Waals surface area contributed by atoms with Gasteiger partial charge in [0.1, 0.15) is 18.4 Å². The summed E-state index contributed by atoms with van der Waals surface area (Å²) < 4.78 is 11.1. The molecule has 0 N–H and O–H groups in total. The van der Waals surface area contributed by atoms with Gasteiger partial charge in [-0.15, -0.1) is 0 Å². The van der Waals surface area contributed by atoms with Crippen molar-refractivity contribution in [1.29, 1.82) is 5.26 Å². The number of benzene rings is 1. The van der Waals surface area contributed by atoms with Crippen LogP contribution in [0.3, 0.4) is 0 Å². The highest BCUT2D eigenvalue weighted by Gasteiger charge is 2.16. The molecule has 20 heavy (non-hydrogen) atoms. The number of carbonyl (C=O) groups is 1. The Labute approximate surface area is 118 Å². The van der Waals surface area contributed by atoms with E-state index < -0.39 is 0 Å². The Hall–Kier alpha value is -2.06. The molecule has 0 unspecified atom stereocenters. The van der Waals surface area contributed by atoms with Crippen LogP contribution in [0, 0.1) is 11.3 Å². The van der Waals surface area contributed by atoms with Crippen LogP contribution in [0.4, 0.5) is 0 Å². The van der Waals surface area contributed by atoms with E-state index in [4.69, 9.17) is 14.7 Å². The Morgan fingerprint density at radius 3 is 2.65 bits per heavy atom. The van der Waals surface area contributed by atoms with Crippen LogP contribution in [-0.2, 0) is 4.74 Å². The quantitative estimate of drug-likeness (QED) is 0.786. The Bertz CT molecular complexity index is 487. The first-order chi connectivity index (χ1) is 9.70. The summed E-state index contributed by atoms with van der Waals surface area (Å²) in [5, 5.41) is 8.58. The third-order valence-electron chi connectivity index (χ3n) is 3.23. The van der Waals surface area contributed by atoms with Gasteiger partial charge in [0.15, 0.2) is 0 Å². The van der Waals surface area contributed by atoms with Gasteiger partial charge in [0.2, 0.25) is 0 Å². The maximum atomic E-state index is 12.0. The van der Waals surface area contributed by atoms with E-state index in [0.29, 0.717) is 5.56 Å². The van der Waals surface area contributed by atoms with Gasteiger partial charge in [-0.3, -0.25) is 4.79 Å². The Morgan fingerprint density at radius 2 is 2.05 bits per heavy atom. The number of hydrogen-bond acceptors (Lipinski definition) is 4. The summed E-state index contributed by atoms with van der Waals surface area (Å²) in [5.74, 6) is 0.598. The van der Waals surface area contributed by atoms with Crippen molar-refractivity contribution in [3.05, 3.63) is 29.8 Å². The highest BCUT2D eigenvalue weighted by Crippen LogP contribution is 2.19. The van der Waals surface area contributed by atoms with E-state index in [1.165, 1.54) is 4.90 Å².